The summed E-state index contributed by atoms with van der Waals surface area (Å²) in [7, 11) is 3.13. The molecule has 1 heterocycles. The van der Waals surface area contributed by atoms with E-state index in [4.69, 9.17) is 18.9 Å². The zero-order valence-electron chi connectivity index (χ0n) is 17.0. The van der Waals surface area contributed by atoms with Gasteiger partial charge in [0.15, 0.2) is 5.78 Å². The molecule has 1 aliphatic carbocycles. The molecule has 0 spiro atoms. The van der Waals surface area contributed by atoms with Gasteiger partial charge in [0.1, 0.15) is 23.7 Å². The van der Waals surface area contributed by atoms with E-state index in [2.05, 4.69) is 0 Å². The average Bonchev–Trinajstić information content (AvgIpc) is 2.79. The highest BCUT2D eigenvalue weighted by atomic mass is 16.5. The maximum atomic E-state index is 13.1. The maximum Gasteiger partial charge on any atom is 0.338 e. The van der Waals surface area contributed by atoms with Crippen LogP contribution < -0.4 is 9.47 Å². The molecule has 2 aliphatic rings. The van der Waals surface area contributed by atoms with Gasteiger partial charge < -0.3 is 18.9 Å². The number of benzene rings is 2. The first kappa shape index (κ1) is 20.0. The van der Waals surface area contributed by atoms with Crippen molar-refractivity contribution < 1.29 is 28.5 Å². The van der Waals surface area contributed by atoms with E-state index < -0.39 is 5.97 Å². The highest BCUT2D eigenvalue weighted by Crippen LogP contribution is 2.39. The van der Waals surface area contributed by atoms with Crippen LogP contribution >= 0.6 is 0 Å². The Kier molecular flexibility index (Phi) is 5.74. The molecule has 2 aromatic rings. The molecule has 0 aromatic heterocycles. The van der Waals surface area contributed by atoms with E-state index in [1.807, 2.05) is 24.3 Å². The fourth-order valence-electron chi connectivity index (χ4n) is 4.10. The number of Topliss-reactive ketones (excluding diaryl/α,β-unsaturated/α-hetero) is 1. The van der Waals surface area contributed by atoms with Crippen molar-refractivity contribution in [3.8, 4) is 11.5 Å². The number of allylic oxidation sites excluding steroid dienone is 1. The molecule has 0 amide bonds. The average molecular weight is 408 g/mol. The number of hydrogen-bond donors (Lipinski definition) is 0. The molecular formula is C24H24O6. The van der Waals surface area contributed by atoms with Crippen molar-refractivity contribution in [2.75, 3.05) is 14.2 Å². The smallest absolute Gasteiger partial charge is 0.338 e. The highest BCUT2D eigenvalue weighted by Gasteiger charge is 2.42. The Bertz CT molecular complexity index is 979. The second-order valence-corrected chi connectivity index (χ2v) is 7.45. The molecule has 4 rings (SSSR count). The van der Waals surface area contributed by atoms with Crippen LogP contribution in [0.5, 0.6) is 11.5 Å². The first-order valence-electron chi connectivity index (χ1n) is 9.99. The zero-order chi connectivity index (χ0) is 21.1. The Hall–Kier alpha value is -3.28. The lowest BCUT2D eigenvalue weighted by Gasteiger charge is -2.37. The fraction of sp³-hybridized carbons (Fsp3) is 0.333. The molecule has 0 saturated heterocycles. The zero-order valence-corrected chi connectivity index (χ0v) is 17.0. The summed E-state index contributed by atoms with van der Waals surface area (Å²) < 4.78 is 22.2. The first-order valence-corrected chi connectivity index (χ1v) is 9.99. The second kappa shape index (κ2) is 8.61. The van der Waals surface area contributed by atoms with Crippen LogP contribution in [0.4, 0.5) is 0 Å². The number of methoxy groups -OCH3 is 2. The van der Waals surface area contributed by atoms with Gasteiger partial charge in [-0.3, -0.25) is 4.79 Å². The van der Waals surface area contributed by atoms with E-state index in [0.29, 0.717) is 41.9 Å². The Morgan fingerprint density at radius 2 is 1.87 bits per heavy atom. The number of fused-ring (bicyclic) bond motifs is 1. The monoisotopic (exact) mass is 408 g/mol. The van der Waals surface area contributed by atoms with E-state index >= 15 is 0 Å². The minimum atomic E-state index is -0.398. The van der Waals surface area contributed by atoms with Gasteiger partial charge in [0.25, 0.3) is 0 Å². The maximum absolute atomic E-state index is 13.1. The number of ether oxygens (including phenoxy) is 4. The van der Waals surface area contributed by atoms with Crippen molar-refractivity contribution in [2.24, 2.45) is 5.92 Å². The second-order valence-electron chi connectivity index (χ2n) is 7.45. The Morgan fingerprint density at radius 3 is 2.67 bits per heavy atom. The van der Waals surface area contributed by atoms with E-state index in [9.17, 15) is 9.59 Å². The molecule has 6 heteroatoms. The molecule has 6 nitrogen and oxygen atoms in total. The predicted octanol–water partition coefficient (Wildman–Crippen LogP) is 4.04. The van der Waals surface area contributed by atoms with Crippen LogP contribution in [-0.2, 0) is 14.3 Å². The molecule has 0 radical (unpaired) electrons. The van der Waals surface area contributed by atoms with Crippen LogP contribution in [-0.4, -0.2) is 38.2 Å². The summed E-state index contributed by atoms with van der Waals surface area (Å²) in [5.74, 6) is 0.642. The third-order valence-electron chi connectivity index (χ3n) is 5.68. The van der Waals surface area contributed by atoms with Crippen LogP contribution in [0.1, 0.15) is 35.2 Å². The van der Waals surface area contributed by atoms with Crippen LogP contribution in [0.25, 0.3) is 5.57 Å². The van der Waals surface area contributed by atoms with Crippen molar-refractivity contribution in [1.82, 2.24) is 0 Å². The lowest BCUT2D eigenvalue weighted by atomic mass is 9.77. The van der Waals surface area contributed by atoms with Crippen molar-refractivity contribution in [2.45, 2.75) is 31.5 Å². The van der Waals surface area contributed by atoms with E-state index in [1.165, 1.54) is 6.26 Å². The van der Waals surface area contributed by atoms with Crippen LogP contribution in [0.3, 0.4) is 0 Å². The topological polar surface area (TPSA) is 71.1 Å². The summed E-state index contributed by atoms with van der Waals surface area (Å²) in [6, 6.07) is 14.3. The summed E-state index contributed by atoms with van der Waals surface area (Å²) in [6.07, 6.45) is 2.64. The third-order valence-corrected chi connectivity index (χ3v) is 5.68. The third kappa shape index (κ3) is 3.90. The van der Waals surface area contributed by atoms with Gasteiger partial charge in [-0.1, -0.05) is 24.3 Å². The van der Waals surface area contributed by atoms with Gasteiger partial charge in [-0.25, -0.2) is 4.79 Å². The number of hydrogen-bond acceptors (Lipinski definition) is 6. The van der Waals surface area contributed by atoms with Crippen molar-refractivity contribution in [3.05, 3.63) is 65.9 Å². The van der Waals surface area contributed by atoms with Gasteiger partial charge in [-0.15, -0.1) is 0 Å². The quantitative estimate of drug-likeness (QED) is 0.696. The number of rotatable bonds is 5. The highest BCUT2D eigenvalue weighted by molar-refractivity contribution is 6.22. The number of esters is 1. The Morgan fingerprint density at radius 1 is 1.03 bits per heavy atom. The Labute approximate surface area is 175 Å². The minimum Gasteiger partial charge on any atom is -0.497 e. The van der Waals surface area contributed by atoms with Crippen molar-refractivity contribution in [1.29, 1.82) is 0 Å². The number of carbonyl (C=O) groups excluding carboxylic acids is 2. The standard InChI is InChI=1S/C24H24O6/c1-27-16-7-5-6-15(12-16)24(26)30-17-10-11-19-22(13-17)29-14-20(23(19)25)18-8-3-4-9-21(18)28-2/h3-9,12,14,17,19,22H,10-11,13H2,1-2H3. The molecule has 3 atom stereocenters. The van der Waals surface area contributed by atoms with Crippen LogP contribution in [0, 0.1) is 5.92 Å². The summed E-state index contributed by atoms with van der Waals surface area (Å²) in [5.41, 5.74) is 1.70. The predicted molar refractivity (Wildman–Crippen MR) is 110 cm³/mol. The molecule has 3 unspecified atom stereocenters. The van der Waals surface area contributed by atoms with E-state index in [-0.39, 0.29) is 23.9 Å². The van der Waals surface area contributed by atoms with Crippen LogP contribution in [0.2, 0.25) is 0 Å². The van der Waals surface area contributed by atoms with Crippen molar-refractivity contribution in [3.63, 3.8) is 0 Å². The van der Waals surface area contributed by atoms with Crippen molar-refractivity contribution >= 4 is 17.3 Å². The molecule has 30 heavy (non-hydrogen) atoms. The van der Waals surface area contributed by atoms with Gasteiger partial charge in [0, 0.05) is 12.0 Å². The SMILES string of the molecule is COc1cccc(C(=O)OC2CCC3C(=O)C(c4ccccc4OC)=COC3C2)c1. The fourth-order valence-corrected chi connectivity index (χ4v) is 4.10. The summed E-state index contributed by atoms with van der Waals surface area (Å²) in [5, 5.41) is 0. The molecule has 0 N–H and O–H groups in total. The molecule has 1 saturated carbocycles. The van der Waals surface area contributed by atoms with Gasteiger partial charge in [0.2, 0.25) is 0 Å². The Balaban J connectivity index is 1.45. The molecule has 156 valence electrons. The molecule has 0 bridgehead atoms. The lowest BCUT2D eigenvalue weighted by molar-refractivity contribution is -0.126. The lowest BCUT2D eigenvalue weighted by Crippen LogP contribution is -2.42. The van der Waals surface area contributed by atoms with Gasteiger partial charge in [-0.2, -0.15) is 0 Å². The normalized spacial score (nSPS) is 22.9. The number of ketones is 1. The molecule has 1 aliphatic heterocycles. The summed E-state index contributed by atoms with van der Waals surface area (Å²) >= 11 is 0. The number of para-hydroxylation sites is 1. The van der Waals surface area contributed by atoms with E-state index in [0.717, 1.165) is 5.56 Å². The van der Waals surface area contributed by atoms with Crippen LogP contribution in [0.15, 0.2) is 54.8 Å². The largest absolute Gasteiger partial charge is 0.497 e. The molecule has 1 fully saturated rings. The summed E-state index contributed by atoms with van der Waals surface area (Å²) in [6.45, 7) is 0. The van der Waals surface area contributed by atoms with Gasteiger partial charge in [0.05, 0.1) is 37.5 Å². The molecule has 2 aromatic carbocycles. The summed E-state index contributed by atoms with van der Waals surface area (Å²) in [4.78, 5) is 25.6. The van der Waals surface area contributed by atoms with Gasteiger partial charge >= 0.3 is 5.97 Å². The minimum absolute atomic E-state index is 0.0494. The number of carbonyl (C=O) groups is 2. The molecular weight excluding hydrogens is 384 g/mol. The van der Waals surface area contributed by atoms with E-state index in [1.54, 1.807) is 38.5 Å². The van der Waals surface area contributed by atoms with Gasteiger partial charge in [-0.05, 0) is 37.1 Å². The first-order chi connectivity index (χ1) is 14.6.